The summed E-state index contributed by atoms with van der Waals surface area (Å²) in [5, 5.41) is 1.32. The molecule has 0 amide bonds. The van der Waals surface area contributed by atoms with Gasteiger partial charge in [-0.05, 0) is 6.07 Å². The lowest BCUT2D eigenvalue weighted by Gasteiger charge is -1.90. The highest BCUT2D eigenvalue weighted by molar-refractivity contribution is 7.83. The Morgan fingerprint density at radius 3 is 2.91 bits per heavy atom. The lowest BCUT2D eigenvalue weighted by Crippen LogP contribution is -1.85. The molecular weight excluding hydrogens is 178 g/mol. The first-order valence-electron chi connectivity index (χ1n) is 3.00. The van der Waals surface area contributed by atoms with Crippen LogP contribution >= 0.6 is 25.3 Å². The summed E-state index contributed by atoms with van der Waals surface area (Å²) in [6.07, 6.45) is 3.53. The van der Waals surface area contributed by atoms with Crippen molar-refractivity contribution < 1.29 is 0 Å². The summed E-state index contributed by atoms with van der Waals surface area (Å²) in [7, 11) is 0. The fourth-order valence-corrected chi connectivity index (χ4v) is 1.27. The molecule has 0 N–H and O–H groups in total. The molecule has 0 bridgehead atoms. The van der Waals surface area contributed by atoms with Crippen molar-refractivity contribution in [2.45, 2.75) is 10.1 Å². The number of thiol groups is 2. The maximum atomic E-state index is 4.20. The summed E-state index contributed by atoms with van der Waals surface area (Å²) in [6, 6.07) is 1.82. The normalized spacial score (nSPS) is 10.7. The molecule has 5 heteroatoms. The molecule has 0 atom stereocenters. The summed E-state index contributed by atoms with van der Waals surface area (Å²) in [5.74, 6) is 0.627. The number of hydrogen-bond donors (Lipinski definition) is 2. The molecule has 0 saturated heterocycles. The van der Waals surface area contributed by atoms with E-state index in [1.807, 2.05) is 12.3 Å². The highest BCUT2D eigenvalue weighted by Gasteiger charge is 2.03. The number of hydrogen-bond acceptors (Lipinski definition) is 4. The molecule has 0 spiro atoms. The van der Waals surface area contributed by atoms with Crippen LogP contribution in [0.5, 0.6) is 0 Å². The number of nitrogens with zero attached hydrogens (tertiary/aromatic N) is 3. The molecule has 56 valence electrons. The summed E-state index contributed by atoms with van der Waals surface area (Å²) < 4.78 is 1.77. The highest BCUT2D eigenvalue weighted by Crippen LogP contribution is 2.17. The van der Waals surface area contributed by atoms with Crippen molar-refractivity contribution in [3.8, 4) is 0 Å². The van der Waals surface area contributed by atoms with Crippen LogP contribution in [-0.2, 0) is 0 Å². The average molecular weight is 183 g/mol. The minimum absolute atomic E-state index is 0.604. The number of imidazole rings is 1. The second-order valence-electron chi connectivity index (χ2n) is 2.05. The summed E-state index contributed by atoms with van der Waals surface area (Å²) in [4.78, 5) is 8.07. The Bertz CT molecular complexity index is 396. The molecule has 3 nitrogen and oxygen atoms in total. The van der Waals surface area contributed by atoms with Gasteiger partial charge in [-0.15, -0.1) is 25.3 Å². The van der Waals surface area contributed by atoms with Crippen molar-refractivity contribution in [2.75, 3.05) is 0 Å². The van der Waals surface area contributed by atoms with Gasteiger partial charge in [-0.25, -0.2) is 9.97 Å². The van der Waals surface area contributed by atoms with Gasteiger partial charge in [0.15, 0.2) is 0 Å². The number of fused-ring (bicyclic) bond motifs is 1. The van der Waals surface area contributed by atoms with E-state index in [1.165, 1.54) is 0 Å². The van der Waals surface area contributed by atoms with Gasteiger partial charge in [0.05, 0.1) is 0 Å². The smallest absolute Gasteiger partial charge is 0.235 e. The van der Waals surface area contributed by atoms with Crippen LogP contribution in [0.25, 0.3) is 5.78 Å². The van der Waals surface area contributed by atoms with Gasteiger partial charge < -0.3 is 0 Å². The second-order valence-corrected chi connectivity index (χ2v) is 2.90. The molecule has 2 aromatic rings. The molecule has 0 unspecified atom stereocenters. The molecule has 0 aromatic carbocycles. The first-order chi connectivity index (χ1) is 5.29. The Morgan fingerprint density at radius 2 is 2.18 bits per heavy atom. The molecule has 0 aliphatic heterocycles. The van der Waals surface area contributed by atoms with E-state index in [1.54, 1.807) is 10.6 Å². The Hall–Kier alpha value is -0.680. The van der Waals surface area contributed by atoms with Crippen LogP contribution in [0.3, 0.4) is 0 Å². The fourth-order valence-electron chi connectivity index (χ4n) is 0.864. The Labute approximate surface area is 74.3 Å². The standard InChI is InChI=1S/C6H5N3S2/c10-4-5(11)9-3-1-2-7-6(9)8-4/h1-3,10-11H. The van der Waals surface area contributed by atoms with E-state index in [4.69, 9.17) is 0 Å². The van der Waals surface area contributed by atoms with E-state index in [0.29, 0.717) is 10.8 Å². The van der Waals surface area contributed by atoms with Crippen molar-refractivity contribution >= 4 is 31.0 Å². The molecule has 0 radical (unpaired) electrons. The van der Waals surface area contributed by atoms with Crippen LogP contribution in [0.15, 0.2) is 28.5 Å². The van der Waals surface area contributed by atoms with Gasteiger partial charge in [-0.3, -0.25) is 4.40 Å². The van der Waals surface area contributed by atoms with Gasteiger partial charge in [-0.2, -0.15) is 0 Å². The molecule has 0 saturated carbocycles. The highest BCUT2D eigenvalue weighted by atomic mass is 32.1. The molecule has 2 rings (SSSR count). The summed E-state index contributed by atoms with van der Waals surface area (Å²) in [6.45, 7) is 0. The van der Waals surface area contributed by atoms with E-state index in [0.717, 1.165) is 5.03 Å². The van der Waals surface area contributed by atoms with Crippen molar-refractivity contribution in [3.63, 3.8) is 0 Å². The van der Waals surface area contributed by atoms with Crippen molar-refractivity contribution in [3.05, 3.63) is 18.5 Å². The predicted molar refractivity (Wildman–Crippen MR) is 47.5 cm³/mol. The zero-order chi connectivity index (χ0) is 7.84. The monoisotopic (exact) mass is 183 g/mol. The van der Waals surface area contributed by atoms with Gasteiger partial charge in [0.2, 0.25) is 5.78 Å². The lowest BCUT2D eigenvalue weighted by atomic mass is 10.7. The van der Waals surface area contributed by atoms with Gasteiger partial charge in [0.25, 0.3) is 0 Å². The van der Waals surface area contributed by atoms with E-state index in [2.05, 4.69) is 35.2 Å². The maximum Gasteiger partial charge on any atom is 0.235 e. The van der Waals surface area contributed by atoms with Crippen molar-refractivity contribution in [1.29, 1.82) is 0 Å². The van der Waals surface area contributed by atoms with E-state index < -0.39 is 0 Å². The van der Waals surface area contributed by atoms with Crippen LogP contribution in [0.2, 0.25) is 0 Å². The van der Waals surface area contributed by atoms with Crippen LogP contribution in [0.1, 0.15) is 0 Å². The molecule has 0 aliphatic rings. The minimum Gasteiger partial charge on any atom is -0.278 e. The number of rotatable bonds is 0. The van der Waals surface area contributed by atoms with Gasteiger partial charge in [0.1, 0.15) is 10.1 Å². The number of aromatic nitrogens is 3. The van der Waals surface area contributed by atoms with Gasteiger partial charge in [-0.1, -0.05) is 0 Å². The first kappa shape index (κ1) is 7.00. The molecule has 0 aliphatic carbocycles. The maximum absolute atomic E-state index is 4.20. The van der Waals surface area contributed by atoms with E-state index in [9.17, 15) is 0 Å². The third-order valence-corrected chi connectivity index (χ3v) is 2.28. The van der Waals surface area contributed by atoms with Gasteiger partial charge in [0, 0.05) is 12.4 Å². The van der Waals surface area contributed by atoms with Crippen molar-refractivity contribution in [1.82, 2.24) is 14.4 Å². The summed E-state index contributed by atoms with van der Waals surface area (Å²) >= 11 is 8.31. The molecule has 2 heterocycles. The fraction of sp³-hybridized carbons (Fsp3) is 0. The zero-order valence-corrected chi connectivity index (χ0v) is 7.26. The molecule has 2 aromatic heterocycles. The first-order valence-corrected chi connectivity index (χ1v) is 3.89. The molecule has 0 fully saturated rings. The van der Waals surface area contributed by atoms with Crippen molar-refractivity contribution in [2.24, 2.45) is 0 Å². The van der Waals surface area contributed by atoms with Crippen LogP contribution in [-0.4, -0.2) is 14.4 Å². The Morgan fingerprint density at radius 1 is 1.36 bits per heavy atom. The minimum atomic E-state index is 0.604. The third-order valence-electron chi connectivity index (χ3n) is 1.36. The van der Waals surface area contributed by atoms with E-state index in [-0.39, 0.29) is 0 Å². The van der Waals surface area contributed by atoms with Crippen LogP contribution in [0, 0.1) is 0 Å². The third kappa shape index (κ3) is 1.00. The molecular formula is C6H5N3S2. The summed E-state index contributed by atoms with van der Waals surface area (Å²) in [5.41, 5.74) is 0. The Balaban J connectivity index is 2.92. The van der Waals surface area contributed by atoms with Crippen LogP contribution < -0.4 is 0 Å². The average Bonchev–Trinajstić information content (AvgIpc) is 2.30. The van der Waals surface area contributed by atoms with Gasteiger partial charge >= 0.3 is 0 Å². The lowest BCUT2D eigenvalue weighted by molar-refractivity contribution is 0.984. The molecule has 11 heavy (non-hydrogen) atoms. The quantitative estimate of drug-likeness (QED) is 0.603. The second kappa shape index (κ2) is 2.42. The largest absolute Gasteiger partial charge is 0.278 e. The topological polar surface area (TPSA) is 30.2 Å². The zero-order valence-electron chi connectivity index (χ0n) is 5.47. The predicted octanol–water partition coefficient (Wildman–Crippen LogP) is 1.31. The Kier molecular flexibility index (Phi) is 1.54. The van der Waals surface area contributed by atoms with Crippen LogP contribution in [0.4, 0.5) is 0 Å². The van der Waals surface area contributed by atoms with E-state index >= 15 is 0 Å². The SMILES string of the molecule is Sc1nc2ncccn2c1S.